The second-order valence-electron chi connectivity index (χ2n) is 4.13. The molecule has 0 saturated carbocycles. The van der Waals surface area contributed by atoms with Crippen molar-refractivity contribution in [2.75, 3.05) is 5.32 Å². The van der Waals surface area contributed by atoms with Crippen LogP contribution in [-0.4, -0.2) is 16.0 Å². The van der Waals surface area contributed by atoms with Crippen LogP contribution < -0.4 is 5.32 Å². The Balaban J connectivity index is 2.47. The van der Waals surface area contributed by atoms with E-state index in [1.807, 2.05) is 12.4 Å². The van der Waals surface area contributed by atoms with E-state index in [4.69, 9.17) is 0 Å². The van der Waals surface area contributed by atoms with Gasteiger partial charge in [-0.2, -0.15) is 0 Å². The molecular weight excluding hydrogens is 186 g/mol. The minimum atomic E-state index is 0.533. The molecule has 1 aromatic rings. The third-order valence-electron chi connectivity index (χ3n) is 2.81. The Bertz CT molecular complexity index is 261. The molecule has 1 heterocycles. The fraction of sp³-hybridized carbons (Fsp3) is 0.667. The molecule has 2 atom stereocenters. The van der Waals surface area contributed by atoms with E-state index in [0.29, 0.717) is 6.04 Å². The smallest absolute Gasteiger partial charge is 0.115 e. The van der Waals surface area contributed by atoms with Crippen LogP contribution in [0.5, 0.6) is 0 Å². The van der Waals surface area contributed by atoms with Gasteiger partial charge in [-0.25, -0.2) is 9.97 Å². The van der Waals surface area contributed by atoms with Gasteiger partial charge in [-0.05, 0) is 18.8 Å². The molecule has 0 spiro atoms. The lowest BCUT2D eigenvalue weighted by molar-refractivity contribution is 0.461. The summed E-state index contributed by atoms with van der Waals surface area (Å²) in [5.74, 6) is 0.770. The fourth-order valence-electron chi connectivity index (χ4n) is 1.59. The van der Waals surface area contributed by atoms with Gasteiger partial charge in [0, 0.05) is 6.04 Å². The molecule has 0 aromatic carbocycles. The van der Waals surface area contributed by atoms with Crippen molar-refractivity contribution in [2.24, 2.45) is 5.92 Å². The van der Waals surface area contributed by atoms with Crippen molar-refractivity contribution in [1.29, 1.82) is 0 Å². The molecule has 0 aliphatic heterocycles. The molecule has 0 bridgehead atoms. The van der Waals surface area contributed by atoms with Crippen molar-refractivity contribution in [3.8, 4) is 0 Å². The Kier molecular flexibility index (Phi) is 5.08. The maximum absolute atomic E-state index is 4.00. The summed E-state index contributed by atoms with van der Waals surface area (Å²) in [4.78, 5) is 8.00. The van der Waals surface area contributed by atoms with Crippen LogP contribution in [0.4, 0.5) is 5.69 Å². The lowest BCUT2D eigenvalue weighted by Crippen LogP contribution is -2.21. The van der Waals surface area contributed by atoms with Gasteiger partial charge >= 0.3 is 0 Å². The predicted octanol–water partition coefficient (Wildman–Crippen LogP) is 3.10. The maximum Gasteiger partial charge on any atom is 0.115 e. The van der Waals surface area contributed by atoms with Crippen molar-refractivity contribution < 1.29 is 0 Å². The highest BCUT2D eigenvalue weighted by Crippen LogP contribution is 2.15. The Morgan fingerprint density at radius 3 is 2.40 bits per heavy atom. The summed E-state index contributed by atoms with van der Waals surface area (Å²) in [6.07, 6.45) is 8.80. The summed E-state index contributed by atoms with van der Waals surface area (Å²) in [6, 6.07) is 0.533. The molecule has 3 nitrogen and oxygen atoms in total. The van der Waals surface area contributed by atoms with E-state index in [9.17, 15) is 0 Å². The van der Waals surface area contributed by atoms with Gasteiger partial charge in [0.2, 0.25) is 0 Å². The highest BCUT2D eigenvalue weighted by atomic mass is 15.0. The Morgan fingerprint density at radius 1 is 1.20 bits per heavy atom. The number of nitrogens with one attached hydrogen (secondary N) is 1. The van der Waals surface area contributed by atoms with Crippen LogP contribution in [0.3, 0.4) is 0 Å². The maximum atomic E-state index is 4.00. The minimum absolute atomic E-state index is 0.533. The highest BCUT2D eigenvalue weighted by Gasteiger charge is 2.10. The lowest BCUT2D eigenvalue weighted by atomic mass is 9.98. The van der Waals surface area contributed by atoms with Crippen LogP contribution in [-0.2, 0) is 0 Å². The topological polar surface area (TPSA) is 37.8 Å². The second-order valence-corrected chi connectivity index (χ2v) is 4.13. The van der Waals surface area contributed by atoms with Gasteiger partial charge in [0.15, 0.2) is 0 Å². The number of rotatable bonds is 6. The first-order valence-electron chi connectivity index (χ1n) is 5.77. The molecule has 0 radical (unpaired) electrons. The minimum Gasteiger partial charge on any atom is -0.380 e. The monoisotopic (exact) mass is 207 g/mol. The van der Waals surface area contributed by atoms with Crippen LogP contribution >= 0.6 is 0 Å². The fourth-order valence-corrected chi connectivity index (χ4v) is 1.59. The molecule has 3 heteroatoms. The summed E-state index contributed by atoms with van der Waals surface area (Å²) in [7, 11) is 0. The molecule has 0 amide bonds. The summed E-state index contributed by atoms with van der Waals surface area (Å²) < 4.78 is 0. The molecule has 1 N–H and O–H groups in total. The zero-order chi connectivity index (χ0) is 11.1. The van der Waals surface area contributed by atoms with Gasteiger partial charge in [0.25, 0.3) is 0 Å². The van der Waals surface area contributed by atoms with Crippen molar-refractivity contribution in [3.05, 3.63) is 18.7 Å². The molecule has 0 fully saturated rings. The Morgan fingerprint density at radius 2 is 1.87 bits per heavy atom. The third kappa shape index (κ3) is 4.28. The van der Waals surface area contributed by atoms with E-state index in [1.54, 1.807) is 6.33 Å². The van der Waals surface area contributed by atoms with E-state index in [-0.39, 0.29) is 0 Å². The lowest BCUT2D eigenvalue weighted by Gasteiger charge is -2.20. The van der Waals surface area contributed by atoms with E-state index < -0.39 is 0 Å². The van der Waals surface area contributed by atoms with Crippen LogP contribution in [0.15, 0.2) is 18.7 Å². The number of nitrogens with zero attached hydrogens (tertiary/aromatic N) is 2. The summed E-state index contributed by atoms with van der Waals surface area (Å²) in [5, 5.41) is 3.47. The van der Waals surface area contributed by atoms with Gasteiger partial charge in [0.05, 0.1) is 18.1 Å². The molecule has 84 valence electrons. The number of anilines is 1. The molecule has 0 aliphatic rings. The van der Waals surface area contributed by atoms with E-state index in [0.717, 1.165) is 18.0 Å². The van der Waals surface area contributed by atoms with Gasteiger partial charge in [0.1, 0.15) is 6.33 Å². The predicted molar refractivity (Wildman–Crippen MR) is 63.8 cm³/mol. The first-order valence-corrected chi connectivity index (χ1v) is 5.77. The first-order chi connectivity index (χ1) is 7.26. The highest BCUT2D eigenvalue weighted by molar-refractivity contribution is 5.38. The molecule has 0 saturated heterocycles. The molecule has 2 unspecified atom stereocenters. The quantitative estimate of drug-likeness (QED) is 0.779. The Labute approximate surface area is 92.3 Å². The SMILES string of the molecule is CCC(C)CC(CC)Nc1cncnc1. The standard InChI is InChI=1S/C12H21N3/c1-4-10(3)6-11(5-2)15-12-7-13-9-14-8-12/h7-11,15H,4-6H2,1-3H3. The number of aromatic nitrogens is 2. The van der Waals surface area contributed by atoms with E-state index >= 15 is 0 Å². The van der Waals surface area contributed by atoms with Crippen molar-refractivity contribution in [1.82, 2.24) is 9.97 Å². The average molecular weight is 207 g/mol. The number of hydrogen-bond acceptors (Lipinski definition) is 3. The molecule has 1 rings (SSSR count). The Hall–Kier alpha value is -1.12. The largest absolute Gasteiger partial charge is 0.380 e. The first kappa shape index (κ1) is 12.0. The zero-order valence-electron chi connectivity index (χ0n) is 9.90. The summed E-state index contributed by atoms with van der Waals surface area (Å²) in [6.45, 7) is 6.75. The second kappa shape index (κ2) is 6.38. The van der Waals surface area contributed by atoms with Gasteiger partial charge in [-0.1, -0.05) is 27.2 Å². The van der Waals surface area contributed by atoms with Crippen LogP contribution in [0.1, 0.15) is 40.0 Å². The van der Waals surface area contributed by atoms with Crippen molar-refractivity contribution in [3.63, 3.8) is 0 Å². The van der Waals surface area contributed by atoms with Crippen LogP contribution in [0.25, 0.3) is 0 Å². The van der Waals surface area contributed by atoms with Gasteiger partial charge < -0.3 is 5.32 Å². The third-order valence-corrected chi connectivity index (χ3v) is 2.81. The van der Waals surface area contributed by atoms with Gasteiger partial charge in [-0.15, -0.1) is 0 Å². The van der Waals surface area contributed by atoms with Gasteiger partial charge in [-0.3, -0.25) is 0 Å². The van der Waals surface area contributed by atoms with Crippen LogP contribution in [0.2, 0.25) is 0 Å². The zero-order valence-corrected chi connectivity index (χ0v) is 9.90. The molecule has 15 heavy (non-hydrogen) atoms. The molecule has 1 aromatic heterocycles. The molecule has 0 aliphatic carbocycles. The summed E-state index contributed by atoms with van der Waals surface area (Å²) >= 11 is 0. The number of hydrogen-bond donors (Lipinski definition) is 1. The van der Waals surface area contributed by atoms with E-state index in [1.165, 1.54) is 12.8 Å². The molecular formula is C12H21N3. The van der Waals surface area contributed by atoms with Crippen LogP contribution in [0, 0.1) is 5.92 Å². The van der Waals surface area contributed by atoms with Crippen molar-refractivity contribution >= 4 is 5.69 Å². The average Bonchev–Trinajstić information content (AvgIpc) is 2.29. The van der Waals surface area contributed by atoms with Crippen molar-refractivity contribution in [2.45, 2.75) is 46.1 Å². The normalized spacial score (nSPS) is 14.6. The summed E-state index contributed by atoms with van der Waals surface area (Å²) in [5.41, 5.74) is 1.02. The van der Waals surface area contributed by atoms with E-state index in [2.05, 4.69) is 36.1 Å².